The van der Waals surface area contributed by atoms with Crippen molar-refractivity contribution in [2.75, 3.05) is 13.1 Å². The van der Waals surface area contributed by atoms with Gasteiger partial charge in [0, 0.05) is 41.7 Å². The first-order valence-electron chi connectivity index (χ1n) is 10.2. The number of nitrogens with zero attached hydrogens (tertiary/aromatic N) is 4. The lowest BCUT2D eigenvalue weighted by molar-refractivity contribution is 0.0522. The van der Waals surface area contributed by atoms with Gasteiger partial charge in [-0.1, -0.05) is 42.0 Å². The zero-order valence-corrected chi connectivity index (χ0v) is 19.4. The molecule has 2 aliphatic carbocycles. The van der Waals surface area contributed by atoms with E-state index in [9.17, 15) is 4.79 Å². The fourth-order valence-corrected chi connectivity index (χ4v) is 5.10. The van der Waals surface area contributed by atoms with Crippen LogP contribution in [0.2, 0.25) is 5.02 Å². The number of aromatic nitrogens is 3. The Morgan fingerprint density at radius 2 is 1.84 bits per heavy atom. The van der Waals surface area contributed by atoms with E-state index in [1.807, 2.05) is 45.9 Å². The SMILES string of the molecule is Cl.Cl.NCC1(c2cccc(Cl)c2)CCC(N2CCn3c(nnc3C3=CC=C3)C2=O)CC1. The number of carbonyl (C=O) groups excluding carboxylic acids is 1. The number of benzene rings is 1. The highest BCUT2D eigenvalue weighted by Crippen LogP contribution is 2.41. The normalized spacial score (nSPS) is 24.5. The number of hydrogen-bond donors (Lipinski definition) is 1. The Labute approximate surface area is 199 Å². The molecule has 2 aromatic rings. The Hall–Kier alpha value is -1.86. The third-order valence-corrected chi connectivity index (χ3v) is 6.99. The molecular weight excluding hydrogens is 457 g/mol. The van der Waals surface area contributed by atoms with Gasteiger partial charge in [0.2, 0.25) is 5.82 Å². The maximum atomic E-state index is 13.1. The highest BCUT2D eigenvalue weighted by molar-refractivity contribution is 6.30. The summed E-state index contributed by atoms with van der Waals surface area (Å²) in [6.07, 6.45) is 9.74. The molecule has 3 aliphatic rings. The van der Waals surface area contributed by atoms with E-state index in [-0.39, 0.29) is 42.2 Å². The molecule has 9 heteroatoms. The molecule has 166 valence electrons. The molecule has 31 heavy (non-hydrogen) atoms. The van der Waals surface area contributed by atoms with Crippen molar-refractivity contribution in [1.29, 1.82) is 0 Å². The molecule has 6 nitrogen and oxygen atoms in total. The van der Waals surface area contributed by atoms with Crippen LogP contribution in [-0.4, -0.2) is 44.7 Å². The van der Waals surface area contributed by atoms with Crippen LogP contribution in [0.25, 0.3) is 5.57 Å². The maximum Gasteiger partial charge on any atom is 0.292 e. The summed E-state index contributed by atoms with van der Waals surface area (Å²) < 4.78 is 1.95. The topological polar surface area (TPSA) is 77.0 Å². The van der Waals surface area contributed by atoms with E-state index >= 15 is 0 Å². The summed E-state index contributed by atoms with van der Waals surface area (Å²) in [7, 11) is 0. The van der Waals surface area contributed by atoms with Crippen LogP contribution < -0.4 is 5.73 Å². The standard InChI is InChI=1S/C22H24ClN5O.2ClH/c23-17-6-2-5-16(13-17)22(14-24)9-7-18(8-10-22)27-11-12-28-19(15-3-1-4-15)25-26-20(28)21(27)29;;/h1-6,13,18H,7-12,14,24H2;2*1H. The van der Waals surface area contributed by atoms with Gasteiger partial charge in [-0.05, 0) is 43.4 Å². The molecule has 1 aromatic heterocycles. The molecule has 2 N–H and O–H groups in total. The summed E-state index contributed by atoms with van der Waals surface area (Å²) in [6.45, 7) is 2.03. The van der Waals surface area contributed by atoms with E-state index < -0.39 is 0 Å². The van der Waals surface area contributed by atoms with Crippen molar-refractivity contribution >= 4 is 47.9 Å². The van der Waals surface area contributed by atoms with E-state index in [0.29, 0.717) is 18.9 Å². The van der Waals surface area contributed by atoms with Gasteiger partial charge in [0.15, 0.2) is 5.82 Å². The molecular formula is C22H26Cl3N5O. The minimum atomic E-state index is -0.0591. The maximum absolute atomic E-state index is 13.1. The van der Waals surface area contributed by atoms with Gasteiger partial charge in [-0.3, -0.25) is 4.79 Å². The van der Waals surface area contributed by atoms with Crippen molar-refractivity contribution in [3.63, 3.8) is 0 Å². The Morgan fingerprint density at radius 3 is 2.45 bits per heavy atom. The summed E-state index contributed by atoms with van der Waals surface area (Å²) >= 11 is 6.22. The van der Waals surface area contributed by atoms with Crippen LogP contribution in [0, 0.1) is 0 Å². The van der Waals surface area contributed by atoms with Gasteiger partial charge >= 0.3 is 0 Å². The van der Waals surface area contributed by atoms with Crippen molar-refractivity contribution in [1.82, 2.24) is 19.7 Å². The van der Waals surface area contributed by atoms with E-state index in [0.717, 1.165) is 48.6 Å². The smallest absolute Gasteiger partial charge is 0.292 e. The van der Waals surface area contributed by atoms with Crippen molar-refractivity contribution in [2.24, 2.45) is 5.73 Å². The largest absolute Gasteiger partial charge is 0.331 e. The molecule has 5 rings (SSSR count). The summed E-state index contributed by atoms with van der Waals surface area (Å²) in [6, 6.07) is 8.27. The van der Waals surface area contributed by atoms with Crippen LogP contribution in [0.1, 0.15) is 47.7 Å². The Bertz CT molecular complexity index is 1020. The average molecular weight is 483 g/mol. The van der Waals surface area contributed by atoms with Gasteiger partial charge in [-0.2, -0.15) is 0 Å². The molecule has 0 atom stereocenters. The fraction of sp³-hybridized carbons (Fsp3) is 0.409. The third-order valence-electron chi connectivity index (χ3n) is 6.76. The van der Waals surface area contributed by atoms with E-state index in [2.05, 4.69) is 16.3 Å². The lowest BCUT2D eigenvalue weighted by Crippen LogP contribution is -2.51. The molecule has 0 unspecified atom stereocenters. The van der Waals surface area contributed by atoms with Crippen LogP contribution in [0.4, 0.5) is 0 Å². The van der Waals surface area contributed by atoms with Crippen molar-refractivity contribution < 1.29 is 4.79 Å². The molecule has 0 radical (unpaired) electrons. The van der Waals surface area contributed by atoms with E-state index in [1.165, 1.54) is 5.56 Å². The number of hydrogen-bond acceptors (Lipinski definition) is 4. The van der Waals surface area contributed by atoms with Gasteiger partial charge in [-0.15, -0.1) is 35.0 Å². The molecule has 1 fully saturated rings. The van der Waals surface area contributed by atoms with Gasteiger partial charge in [0.25, 0.3) is 5.91 Å². The van der Waals surface area contributed by atoms with Gasteiger partial charge in [-0.25, -0.2) is 0 Å². The predicted octanol–water partition coefficient (Wildman–Crippen LogP) is 4.02. The minimum absolute atomic E-state index is 0. The molecule has 0 spiro atoms. The van der Waals surface area contributed by atoms with E-state index in [4.69, 9.17) is 17.3 Å². The molecule has 1 saturated carbocycles. The zero-order chi connectivity index (χ0) is 20.0. The first kappa shape index (κ1) is 23.8. The molecule has 2 heterocycles. The van der Waals surface area contributed by atoms with Gasteiger partial charge in [0.05, 0.1) is 0 Å². The minimum Gasteiger partial charge on any atom is -0.331 e. The molecule has 0 bridgehead atoms. The number of allylic oxidation sites excluding steroid dienone is 4. The van der Waals surface area contributed by atoms with Crippen molar-refractivity contribution in [3.05, 3.63) is 64.7 Å². The Balaban J connectivity index is 0.00000136. The fourth-order valence-electron chi connectivity index (χ4n) is 4.91. The summed E-state index contributed by atoms with van der Waals surface area (Å²) in [5.74, 6) is 1.24. The highest BCUT2D eigenvalue weighted by atomic mass is 35.5. The zero-order valence-electron chi connectivity index (χ0n) is 17.0. The second kappa shape index (κ2) is 9.33. The van der Waals surface area contributed by atoms with Gasteiger partial charge < -0.3 is 15.2 Å². The third kappa shape index (κ3) is 4.02. The summed E-state index contributed by atoms with van der Waals surface area (Å²) in [4.78, 5) is 15.1. The average Bonchev–Trinajstić information content (AvgIpc) is 3.12. The summed E-state index contributed by atoms with van der Waals surface area (Å²) in [5.41, 5.74) is 8.42. The highest BCUT2D eigenvalue weighted by Gasteiger charge is 2.41. The monoisotopic (exact) mass is 481 g/mol. The lowest BCUT2D eigenvalue weighted by Gasteiger charge is -2.44. The second-order valence-electron chi connectivity index (χ2n) is 8.20. The molecule has 0 saturated heterocycles. The lowest BCUT2D eigenvalue weighted by atomic mass is 9.68. The second-order valence-corrected chi connectivity index (χ2v) is 8.64. The van der Waals surface area contributed by atoms with Crippen LogP contribution >= 0.6 is 36.4 Å². The number of halogens is 3. The predicted molar refractivity (Wildman–Crippen MR) is 127 cm³/mol. The first-order valence-corrected chi connectivity index (χ1v) is 10.6. The number of nitrogens with two attached hydrogens (primary N) is 1. The number of rotatable bonds is 4. The van der Waals surface area contributed by atoms with Crippen LogP contribution in [0.15, 0.2) is 42.5 Å². The molecule has 1 amide bonds. The van der Waals surface area contributed by atoms with Crippen LogP contribution in [0.5, 0.6) is 0 Å². The molecule has 1 aromatic carbocycles. The Morgan fingerprint density at radius 1 is 1.13 bits per heavy atom. The summed E-state index contributed by atoms with van der Waals surface area (Å²) in [5, 5.41) is 9.20. The number of fused-ring (bicyclic) bond motifs is 1. The first-order chi connectivity index (χ1) is 14.1. The number of carbonyl (C=O) groups is 1. The van der Waals surface area contributed by atoms with Crippen LogP contribution in [-0.2, 0) is 12.0 Å². The quantitative estimate of drug-likeness (QED) is 0.714. The van der Waals surface area contributed by atoms with Crippen molar-refractivity contribution in [2.45, 2.75) is 43.7 Å². The van der Waals surface area contributed by atoms with E-state index in [1.54, 1.807) is 0 Å². The number of amides is 1. The van der Waals surface area contributed by atoms with Crippen LogP contribution in [0.3, 0.4) is 0 Å². The van der Waals surface area contributed by atoms with Gasteiger partial charge in [0.1, 0.15) is 0 Å². The Kier molecular flexibility index (Phi) is 7.16. The van der Waals surface area contributed by atoms with Crippen molar-refractivity contribution in [3.8, 4) is 0 Å². The molecule has 1 aliphatic heterocycles.